The average molecular weight is 260 g/mol. The number of hydrogen-bond acceptors (Lipinski definition) is 2. The first-order valence-electron chi connectivity index (χ1n) is 3.74. The number of nitrogens with two attached hydrogens (primary N) is 1. The van der Waals surface area contributed by atoms with Crippen LogP contribution in [0.25, 0.3) is 10.1 Å². The number of rotatable bonds is 1. The van der Waals surface area contributed by atoms with Crippen LogP contribution in [-0.4, -0.2) is 0 Å². The van der Waals surface area contributed by atoms with Crippen LogP contribution in [0.1, 0.15) is 5.56 Å². The first-order valence-corrected chi connectivity index (χ1v) is 5.68. The smallest absolute Gasteiger partial charge is 0.127 e. The molecule has 0 fully saturated rings. The molecule has 0 atom stereocenters. The predicted molar refractivity (Wildman–Crippen MR) is 58.8 cm³/mol. The van der Waals surface area contributed by atoms with E-state index < -0.39 is 0 Å². The molecule has 13 heavy (non-hydrogen) atoms. The molecule has 1 heterocycles. The number of halogens is 2. The first-order chi connectivity index (χ1) is 6.20. The van der Waals surface area contributed by atoms with Crippen molar-refractivity contribution in [3.05, 3.63) is 29.6 Å². The van der Waals surface area contributed by atoms with Crippen molar-refractivity contribution in [1.29, 1.82) is 0 Å². The average Bonchev–Trinajstić information content (AvgIpc) is 2.42. The van der Waals surface area contributed by atoms with Crippen molar-refractivity contribution in [1.82, 2.24) is 0 Å². The maximum atomic E-state index is 13.3. The second-order valence-corrected chi connectivity index (χ2v) is 4.44. The van der Waals surface area contributed by atoms with Crippen LogP contribution < -0.4 is 5.73 Å². The molecule has 0 saturated heterocycles. The number of thiophene rings is 1. The van der Waals surface area contributed by atoms with Gasteiger partial charge in [0.05, 0.1) is 5.00 Å². The van der Waals surface area contributed by atoms with E-state index in [1.807, 2.05) is 6.07 Å². The van der Waals surface area contributed by atoms with Crippen LogP contribution >= 0.6 is 27.3 Å². The van der Waals surface area contributed by atoms with Gasteiger partial charge in [-0.1, -0.05) is 15.9 Å². The molecular weight excluding hydrogens is 253 g/mol. The van der Waals surface area contributed by atoms with Crippen LogP contribution in [0.4, 0.5) is 9.39 Å². The molecule has 2 N–H and O–H groups in total. The van der Waals surface area contributed by atoms with Crippen molar-refractivity contribution in [2.45, 2.75) is 5.33 Å². The zero-order valence-electron chi connectivity index (χ0n) is 6.68. The molecular formula is C9H7BrFNS. The number of alkyl halides is 1. The third-order valence-electron chi connectivity index (χ3n) is 1.85. The highest BCUT2D eigenvalue weighted by atomic mass is 79.9. The summed E-state index contributed by atoms with van der Waals surface area (Å²) in [6, 6.07) is 5.15. The number of hydrogen-bond donors (Lipinski definition) is 1. The minimum atomic E-state index is -0.179. The number of nitrogen functional groups attached to an aromatic ring is 1. The van der Waals surface area contributed by atoms with Crippen molar-refractivity contribution < 1.29 is 4.39 Å². The molecule has 0 radical (unpaired) electrons. The van der Waals surface area contributed by atoms with E-state index in [9.17, 15) is 4.39 Å². The van der Waals surface area contributed by atoms with Gasteiger partial charge in [-0.25, -0.2) is 4.39 Å². The lowest BCUT2D eigenvalue weighted by atomic mass is 10.2. The summed E-state index contributed by atoms with van der Waals surface area (Å²) in [7, 11) is 0. The molecule has 1 aromatic heterocycles. The Labute approximate surface area is 87.5 Å². The maximum absolute atomic E-state index is 13.3. The van der Waals surface area contributed by atoms with E-state index in [0.29, 0.717) is 10.9 Å². The van der Waals surface area contributed by atoms with Crippen LogP contribution in [-0.2, 0) is 5.33 Å². The Balaban J connectivity index is 2.72. The highest BCUT2D eigenvalue weighted by Crippen LogP contribution is 2.30. The van der Waals surface area contributed by atoms with Crippen molar-refractivity contribution in [2.24, 2.45) is 0 Å². The zero-order valence-corrected chi connectivity index (χ0v) is 9.08. The van der Waals surface area contributed by atoms with Crippen molar-refractivity contribution in [3.8, 4) is 0 Å². The molecule has 0 unspecified atom stereocenters. The molecule has 4 heteroatoms. The molecule has 1 aromatic carbocycles. The molecule has 0 aliphatic heterocycles. The van der Waals surface area contributed by atoms with E-state index in [0.717, 1.165) is 15.1 Å². The van der Waals surface area contributed by atoms with Crippen molar-refractivity contribution >= 4 is 42.4 Å². The Morgan fingerprint density at radius 2 is 2.15 bits per heavy atom. The second-order valence-electron chi connectivity index (χ2n) is 2.76. The van der Waals surface area contributed by atoms with E-state index in [2.05, 4.69) is 15.9 Å². The Hall–Kier alpha value is -0.610. The fourth-order valence-corrected chi connectivity index (χ4v) is 2.53. The first kappa shape index (κ1) is 8.97. The Morgan fingerprint density at radius 3 is 2.85 bits per heavy atom. The van der Waals surface area contributed by atoms with E-state index in [-0.39, 0.29) is 5.82 Å². The normalized spacial score (nSPS) is 10.9. The second kappa shape index (κ2) is 3.27. The number of fused-ring (bicyclic) bond motifs is 1. The molecule has 2 rings (SSSR count). The number of benzene rings is 1. The van der Waals surface area contributed by atoms with Gasteiger partial charge in [0.25, 0.3) is 0 Å². The van der Waals surface area contributed by atoms with E-state index in [4.69, 9.17) is 5.73 Å². The van der Waals surface area contributed by atoms with Gasteiger partial charge < -0.3 is 5.73 Å². The van der Waals surface area contributed by atoms with E-state index >= 15 is 0 Å². The van der Waals surface area contributed by atoms with Gasteiger partial charge in [0.15, 0.2) is 0 Å². The van der Waals surface area contributed by atoms with Crippen LogP contribution in [0.15, 0.2) is 18.2 Å². The molecule has 68 valence electrons. The molecule has 0 saturated carbocycles. The Kier molecular flexibility index (Phi) is 2.26. The highest BCUT2D eigenvalue weighted by Gasteiger charge is 2.05. The molecule has 0 aliphatic carbocycles. The topological polar surface area (TPSA) is 26.0 Å². The van der Waals surface area contributed by atoms with Crippen molar-refractivity contribution in [3.63, 3.8) is 0 Å². The van der Waals surface area contributed by atoms with Gasteiger partial charge in [0, 0.05) is 10.0 Å². The van der Waals surface area contributed by atoms with Gasteiger partial charge in [-0.3, -0.25) is 0 Å². The minimum absolute atomic E-state index is 0.179. The predicted octanol–water partition coefficient (Wildman–Crippen LogP) is 3.52. The third kappa shape index (κ3) is 1.56. The van der Waals surface area contributed by atoms with E-state index in [1.54, 1.807) is 6.07 Å². The summed E-state index contributed by atoms with van der Waals surface area (Å²) in [6.45, 7) is 0. The Bertz CT molecular complexity index is 452. The summed E-state index contributed by atoms with van der Waals surface area (Å²) < 4.78 is 14.3. The maximum Gasteiger partial charge on any atom is 0.127 e. The standard InChI is InChI=1S/C9H7BrFNS/c10-4-6-2-8-5(1-7(6)11)3-9(12)13-8/h1-3H,4,12H2. The monoisotopic (exact) mass is 259 g/mol. The SMILES string of the molecule is Nc1cc2cc(F)c(CBr)cc2s1. The van der Waals surface area contributed by atoms with Gasteiger partial charge in [0.2, 0.25) is 0 Å². The fraction of sp³-hybridized carbons (Fsp3) is 0.111. The quantitative estimate of drug-likeness (QED) is 0.780. The lowest BCUT2D eigenvalue weighted by Gasteiger charge is -1.97. The molecule has 0 amide bonds. The molecule has 0 bridgehead atoms. The summed E-state index contributed by atoms with van der Waals surface area (Å²) in [5, 5.41) is 2.14. The summed E-state index contributed by atoms with van der Waals surface area (Å²) in [6.07, 6.45) is 0. The minimum Gasteiger partial charge on any atom is -0.391 e. The number of anilines is 1. The van der Waals surface area contributed by atoms with Crippen molar-refractivity contribution in [2.75, 3.05) is 5.73 Å². The van der Waals surface area contributed by atoms with Crippen LogP contribution in [0.2, 0.25) is 0 Å². The summed E-state index contributed by atoms with van der Waals surface area (Å²) in [5.74, 6) is -0.179. The van der Waals surface area contributed by atoms with Gasteiger partial charge in [-0.2, -0.15) is 0 Å². The summed E-state index contributed by atoms with van der Waals surface area (Å²) in [4.78, 5) is 0. The third-order valence-corrected chi connectivity index (χ3v) is 3.38. The van der Waals surface area contributed by atoms with Crippen LogP contribution in [0, 0.1) is 5.82 Å². The van der Waals surface area contributed by atoms with Crippen LogP contribution in [0.5, 0.6) is 0 Å². The summed E-state index contributed by atoms with van der Waals surface area (Å²) in [5.41, 5.74) is 6.29. The zero-order chi connectivity index (χ0) is 9.42. The van der Waals surface area contributed by atoms with Gasteiger partial charge in [-0.05, 0) is 29.1 Å². The van der Waals surface area contributed by atoms with Gasteiger partial charge in [-0.15, -0.1) is 11.3 Å². The Morgan fingerprint density at radius 1 is 1.38 bits per heavy atom. The van der Waals surface area contributed by atoms with E-state index in [1.165, 1.54) is 17.4 Å². The fourth-order valence-electron chi connectivity index (χ4n) is 1.22. The highest BCUT2D eigenvalue weighted by molar-refractivity contribution is 9.08. The largest absolute Gasteiger partial charge is 0.391 e. The van der Waals surface area contributed by atoms with Crippen LogP contribution in [0.3, 0.4) is 0 Å². The molecule has 0 spiro atoms. The lowest BCUT2D eigenvalue weighted by molar-refractivity contribution is 0.620. The molecule has 2 aromatic rings. The van der Waals surface area contributed by atoms with Gasteiger partial charge in [0.1, 0.15) is 5.82 Å². The summed E-state index contributed by atoms with van der Waals surface area (Å²) >= 11 is 4.71. The molecule has 1 nitrogen and oxygen atoms in total. The lowest BCUT2D eigenvalue weighted by Crippen LogP contribution is -1.83. The van der Waals surface area contributed by atoms with Gasteiger partial charge >= 0.3 is 0 Å². The molecule has 0 aliphatic rings.